The van der Waals surface area contributed by atoms with Gasteiger partial charge in [-0.2, -0.15) is 0 Å². The molecule has 7 nitrogen and oxygen atoms in total. The molecule has 0 spiro atoms. The van der Waals surface area contributed by atoms with E-state index in [1.807, 2.05) is 6.92 Å². The van der Waals surface area contributed by atoms with Crippen molar-refractivity contribution in [3.8, 4) is 0 Å². The number of nitrogens with zero attached hydrogens (tertiary/aromatic N) is 2. The maximum Gasteiger partial charge on any atom is 0.338 e. The fourth-order valence-corrected chi connectivity index (χ4v) is 7.55. The molecule has 3 aromatic rings. The van der Waals surface area contributed by atoms with Crippen LogP contribution in [-0.2, 0) is 16.1 Å². The van der Waals surface area contributed by atoms with Crippen LogP contribution < -0.4 is 10.9 Å². The summed E-state index contributed by atoms with van der Waals surface area (Å²) in [5.41, 5.74) is 1.10. The van der Waals surface area contributed by atoms with Crippen molar-refractivity contribution in [3.05, 3.63) is 63.0 Å². The third kappa shape index (κ3) is 3.83. The van der Waals surface area contributed by atoms with Crippen molar-refractivity contribution in [3.63, 3.8) is 0 Å². The van der Waals surface area contributed by atoms with E-state index in [0.717, 1.165) is 24.1 Å². The highest BCUT2D eigenvalue weighted by molar-refractivity contribution is 7.16. The van der Waals surface area contributed by atoms with Crippen molar-refractivity contribution < 1.29 is 14.3 Å². The van der Waals surface area contributed by atoms with E-state index in [-0.39, 0.29) is 23.5 Å². The lowest BCUT2D eigenvalue weighted by Gasteiger charge is -2.55. The van der Waals surface area contributed by atoms with Gasteiger partial charge in [0.25, 0.3) is 5.56 Å². The van der Waals surface area contributed by atoms with Gasteiger partial charge in [0.1, 0.15) is 6.61 Å². The standard InChI is InChI=1S/C26H27N3O4S/c1-15-13-29-22(30)9-21(28-25(29)34-15)14-33-23(31)19-2-4-20(5-3-19)27-24(32)26-10-16-6-17(11-26)8-18(7-16)12-26/h2-5,9,13,16-18H,6-8,10-12,14H2,1H3,(H,27,32). The Kier molecular flexibility index (Phi) is 5.09. The number of carbonyl (C=O) groups is 2. The number of benzene rings is 1. The molecule has 1 amide bonds. The first-order chi connectivity index (χ1) is 16.4. The zero-order valence-electron chi connectivity index (χ0n) is 19.1. The molecule has 0 unspecified atom stereocenters. The van der Waals surface area contributed by atoms with Crippen molar-refractivity contribution >= 4 is 33.9 Å². The van der Waals surface area contributed by atoms with Gasteiger partial charge >= 0.3 is 5.97 Å². The van der Waals surface area contributed by atoms with Crippen molar-refractivity contribution in [2.75, 3.05) is 5.32 Å². The van der Waals surface area contributed by atoms with E-state index in [1.54, 1.807) is 30.5 Å². The van der Waals surface area contributed by atoms with E-state index >= 15 is 0 Å². The van der Waals surface area contributed by atoms with Crippen LogP contribution in [0.4, 0.5) is 5.69 Å². The van der Waals surface area contributed by atoms with Crippen LogP contribution >= 0.6 is 11.3 Å². The minimum Gasteiger partial charge on any atom is -0.456 e. The third-order valence-corrected chi connectivity index (χ3v) is 8.68. The molecule has 34 heavy (non-hydrogen) atoms. The Morgan fingerprint density at radius 1 is 1.12 bits per heavy atom. The number of hydrogen-bond acceptors (Lipinski definition) is 6. The molecule has 176 valence electrons. The second-order valence-corrected chi connectivity index (χ2v) is 11.6. The number of aromatic nitrogens is 2. The van der Waals surface area contributed by atoms with Gasteiger partial charge < -0.3 is 10.1 Å². The molecule has 4 fully saturated rings. The summed E-state index contributed by atoms with van der Waals surface area (Å²) in [5.74, 6) is 1.78. The van der Waals surface area contributed by atoms with Gasteiger partial charge in [0, 0.05) is 22.8 Å². The molecule has 8 heteroatoms. The van der Waals surface area contributed by atoms with E-state index in [4.69, 9.17) is 4.74 Å². The highest BCUT2D eigenvalue weighted by Gasteiger charge is 2.54. The fraction of sp³-hybridized carbons (Fsp3) is 0.462. The number of thiazole rings is 1. The summed E-state index contributed by atoms with van der Waals surface area (Å²) in [6.07, 6.45) is 8.70. The van der Waals surface area contributed by atoms with Gasteiger partial charge in [-0.15, -0.1) is 11.3 Å². The van der Waals surface area contributed by atoms with E-state index in [2.05, 4.69) is 10.3 Å². The normalized spacial score (nSPS) is 27.1. The molecule has 0 atom stereocenters. The summed E-state index contributed by atoms with van der Waals surface area (Å²) in [4.78, 5) is 43.9. The Morgan fingerprint density at radius 3 is 2.41 bits per heavy atom. The van der Waals surface area contributed by atoms with Crippen molar-refractivity contribution in [1.82, 2.24) is 9.38 Å². The molecule has 4 saturated carbocycles. The van der Waals surface area contributed by atoms with Gasteiger partial charge in [-0.1, -0.05) is 0 Å². The zero-order valence-corrected chi connectivity index (χ0v) is 19.9. The SMILES string of the molecule is Cc1cn2c(=O)cc(COC(=O)c3ccc(NC(=O)C45CC6CC(CC(C6)C4)C5)cc3)nc2s1. The summed E-state index contributed by atoms with van der Waals surface area (Å²) in [6.45, 7) is 1.83. The quantitative estimate of drug-likeness (QED) is 0.544. The maximum atomic E-state index is 13.2. The average molecular weight is 478 g/mol. The Bertz CT molecular complexity index is 1310. The first kappa shape index (κ1) is 21.5. The molecule has 7 rings (SSSR count). The monoisotopic (exact) mass is 477 g/mol. The molecule has 0 aliphatic heterocycles. The van der Waals surface area contributed by atoms with E-state index < -0.39 is 5.97 Å². The number of nitrogens with one attached hydrogen (secondary N) is 1. The van der Waals surface area contributed by atoms with Gasteiger partial charge in [0.2, 0.25) is 5.91 Å². The molecular weight excluding hydrogens is 450 g/mol. The number of carbonyl (C=O) groups excluding carboxylic acids is 2. The smallest absolute Gasteiger partial charge is 0.338 e. The van der Waals surface area contributed by atoms with Gasteiger partial charge in [0.05, 0.1) is 16.7 Å². The molecule has 2 aromatic heterocycles. The Hall–Kier alpha value is -3.00. The van der Waals surface area contributed by atoms with Crippen molar-refractivity contribution in [2.45, 2.75) is 52.1 Å². The first-order valence-corrected chi connectivity index (χ1v) is 12.8. The molecule has 4 bridgehead atoms. The number of ether oxygens (including phenoxy) is 1. The number of hydrogen-bond donors (Lipinski definition) is 1. The highest BCUT2D eigenvalue weighted by atomic mass is 32.1. The summed E-state index contributed by atoms with van der Waals surface area (Å²) in [7, 11) is 0. The van der Waals surface area contributed by atoms with Crippen LogP contribution in [0.15, 0.2) is 41.3 Å². The molecule has 0 saturated heterocycles. The van der Waals surface area contributed by atoms with Gasteiger partial charge in [-0.05, 0) is 87.5 Å². The predicted octanol–water partition coefficient (Wildman–Crippen LogP) is 4.58. The lowest BCUT2D eigenvalue weighted by Crippen LogP contribution is -2.51. The molecule has 1 aromatic carbocycles. The maximum absolute atomic E-state index is 13.2. The van der Waals surface area contributed by atoms with Crippen molar-refractivity contribution in [1.29, 1.82) is 0 Å². The van der Waals surface area contributed by atoms with Gasteiger partial charge in [-0.25, -0.2) is 9.78 Å². The van der Waals surface area contributed by atoms with Crippen LogP contribution in [-0.4, -0.2) is 21.3 Å². The summed E-state index contributed by atoms with van der Waals surface area (Å²) in [6, 6.07) is 8.20. The number of anilines is 1. The zero-order chi connectivity index (χ0) is 23.4. The highest BCUT2D eigenvalue weighted by Crippen LogP contribution is 2.60. The minimum absolute atomic E-state index is 0.0774. The lowest BCUT2D eigenvalue weighted by molar-refractivity contribution is -0.140. The molecule has 1 N–H and O–H groups in total. The Labute approximate surface area is 201 Å². The number of esters is 1. The van der Waals surface area contributed by atoms with E-state index in [9.17, 15) is 14.4 Å². The number of rotatable bonds is 5. The first-order valence-electron chi connectivity index (χ1n) is 11.9. The summed E-state index contributed by atoms with van der Waals surface area (Å²) in [5, 5.41) is 3.11. The van der Waals surface area contributed by atoms with Gasteiger partial charge in [-0.3, -0.25) is 14.0 Å². The molecule has 0 radical (unpaired) electrons. The number of aryl methyl sites for hydroxylation is 1. The lowest BCUT2D eigenvalue weighted by atomic mass is 9.49. The van der Waals surface area contributed by atoms with Crippen LogP contribution in [0.3, 0.4) is 0 Å². The fourth-order valence-electron chi connectivity index (χ4n) is 6.70. The van der Waals surface area contributed by atoms with Gasteiger partial charge in [0.15, 0.2) is 4.96 Å². The second kappa shape index (κ2) is 8.05. The number of amides is 1. The topological polar surface area (TPSA) is 89.8 Å². The summed E-state index contributed by atoms with van der Waals surface area (Å²) < 4.78 is 6.87. The molecular formula is C26H27N3O4S. The second-order valence-electron chi connectivity index (χ2n) is 10.4. The summed E-state index contributed by atoms with van der Waals surface area (Å²) >= 11 is 1.41. The molecule has 4 aliphatic rings. The Morgan fingerprint density at radius 2 is 1.76 bits per heavy atom. The van der Waals surface area contributed by atoms with E-state index in [1.165, 1.54) is 41.1 Å². The number of fused-ring (bicyclic) bond motifs is 1. The molecule has 4 aliphatic carbocycles. The van der Waals surface area contributed by atoms with Crippen LogP contribution in [0, 0.1) is 30.1 Å². The van der Waals surface area contributed by atoms with Crippen LogP contribution in [0.5, 0.6) is 0 Å². The van der Waals surface area contributed by atoms with Crippen LogP contribution in [0.1, 0.15) is 59.5 Å². The van der Waals surface area contributed by atoms with Crippen LogP contribution in [0.25, 0.3) is 4.96 Å². The predicted molar refractivity (Wildman–Crippen MR) is 129 cm³/mol. The average Bonchev–Trinajstić information content (AvgIpc) is 3.18. The van der Waals surface area contributed by atoms with E-state index in [0.29, 0.717) is 39.7 Å². The Balaban J connectivity index is 1.09. The molecule has 2 heterocycles. The minimum atomic E-state index is -0.497. The van der Waals surface area contributed by atoms with Crippen molar-refractivity contribution in [2.24, 2.45) is 23.2 Å². The largest absolute Gasteiger partial charge is 0.456 e. The van der Waals surface area contributed by atoms with Crippen LogP contribution in [0.2, 0.25) is 0 Å². The third-order valence-electron chi connectivity index (χ3n) is 7.79.